The maximum atomic E-state index is 12.1. The number of hydrogen-bond donors (Lipinski definition) is 1. The lowest BCUT2D eigenvalue weighted by Gasteiger charge is -2.52. The molecule has 3 nitrogen and oxygen atoms in total. The zero-order valence-corrected chi connectivity index (χ0v) is 8.23. The summed E-state index contributed by atoms with van der Waals surface area (Å²) in [4.78, 5) is 11.8. The zero-order chi connectivity index (χ0) is 11.1. The molecule has 0 atom stereocenters. The van der Waals surface area contributed by atoms with E-state index >= 15 is 0 Å². The minimum absolute atomic E-state index is 0.0356. The molecule has 0 aliphatic carbocycles. The van der Waals surface area contributed by atoms with Crippen molar-refractivity contribution in [3.05, 3.63) is 0 Å². The first-order chi connectivity index (χ1) is 6.93. The third-order valence-corrected chi connectivity index (χ3v) is 3.25. The molecule has 2 saturated heterocycles. The number of carbonyl (C=O) groups is 1. The Balaban J connectivity index is 1.89. The number of amides is 1. The smallest absolute Gasteiger partial charge is 0.334 e. The van der Waals surface area contributed by atoms with Crippen molar-refractivity contribution in [3.8, 4) is 0 Å². The Morgan fingerprint density at radius 2 is 1.73 bits per heavy atom. The SMILES string of the molecule is O=C(N1CC2(CCNCC2)C1)C(F)(F)F. The van der Waals surface area contributed by atoms with Crippen molar-refractivity contribution >= 4 is 5.91 Å². The van der Waals surface area contributed by atoms with Crippen LogP contribution in [-0.4, -0.2) is 43.2 Å². The standard InChI is InChI=1S/C9H13F3N2O/c10-9(11,12)7(15)14-5-8(6-14)1-3-13-4-2-8/h13H,1-6H2. The van der Waals surface area contributed by atoms with Crippen molar-refractivity contribution in [3.63, 3.8) is 0 Å². The summed E-state index contributed by atoms with van der Waals surface area (Å²) >= 11 is 0. The van der Waals surface area contributed by atoms with E-state index in [4.69, 9.17) is 0 Å². The molecule has 2 aliphatic rings. The van der Waals surface area contributed by atoms with Crippen molar-refractivity contribution in [2.24, 2.45) is 5.41 Å². The number of nitrogens with one attached hydrogen (secondary N) is 1. The van der Waals surface area contributed by atoms with Gasteiger partial charge in [0.1, 0.15) is 0 Å². The van der Waals surface area contributed by atoms with E-state index in [1.54, 1.807) is 0 Å². The molecule has 1 N–H and O–H groups in total. The molecule has 1 spiro atoms. The molecule has 86 valence electrons. The monoisotopic (exact) mass is 222 g/mol. The van der Waals surface area contributed by atoms with E-state index in [2.05, 4.69) is 5.32 Å². The lowest BCUT2D eigenvalue weighted by Crippen LogP contribution is -2.63. The largest absolute Gasteiger partial charge is 0.471 e. The molecule has 1 amide bonds. The highest BCUT2D eigenvalue weighted by Gasteiger charge is 2.52. The highest BCUT2D eigenvalue weighted by molar-refractivity contribution is 5.82. The van der Waals surface area contributed by atoms with Gasteiger partial charge in [-0.3, -0.25) is 4.79 Å². The Morgan fingerprint density at radius 3 is 2.20 bits per heavy atom. The van der Waals surface area contributed by atoms with E-state index in [-0.39, 0.29) is 18.5 Å². The van der Waals surface area contributed by atoms with Gasteiger partial charge in [0.15, 0.2) is 0 Å². The summed E-state index contributed by atoms with van der Waals surface area (Å²) in [5.74, 6) is -1.69. The summed E-state index contributed by atoms with van der Waals surface area (Å²) in [7, 11) is 0. The molecule has 6 heteroatoms. The summed E-state index contributed by atoms with van der Waals surface area (Å²) in [5.41, 5.74) is -0.0356. The topological polar surface area (TPSA) is 32.3 Å². The highest BCUT2D eigenvalue weighted by Crippen LogP contribution is 2.40. The number of hydrogen-bond acceptors (Lipinski definition) is 2. The van der Waals surface area contributed by atoms with Crippen LogP contribution in [0.4, 0.5) is 13.2 Å². The molecule has 0 radical (unpaired) electrons. The van der Waals surface area contributed by atoms with Crippen LogP contribution in [0.3, 0.4) is 0 Å². The number of rotatable bonds is 0. The number of carbonyl (C=O) groups excluding carboxylic acids is 1. The summed E-state index contributed by atoms with van der Waals surface area (Å²) in [5, 5.41) is 3.16. The van der Waals surface area contributed by atoms with E-state index in [9.17, 15) is 18.0 Å². The van der Waals surface area contributed by atoms with Gasteiger partial charge in [-0.2, -0.15) is 13.2 Å². The van der Waals surface area contributed by atoms with Gasteiger partial charge in [-0.25, -0.2) is 0 Å². The minimum Gasteiger partial charge on any atom is -0.334 e. The lowest BCUT2D eigenvalue weighted by atomic mass is 9.72. The number of nitrogens with zero attached hydrogens (tertiary/aromatic N) is 1. The molecule has 2 heterocycles. The average molecular weight is 222 g/mol. The van der Waals surface area contributed by atoms with Crippen LogP contribution in [0.25, 0.3) is 0 Å². The van der Waals surface area contributed by atoms with Gasteiger partial charge in [0.2, 0.25) is 0 Å². The van der Waals surface area contributed by atoms with E-state index in [1.165, 1.54) is 0 Å². The second-order valence-corrected chi connectivity index (χ2v) is 4.41. The summed E-state index contributed by atoms with van der Waals surface area (Å²) in [6.45, 7) is 2.22. The molecule has 0 aromatic heterocycles. The van der Waals surface area contributed by atoms with Gasteiger partial charge in [0.05, 0.1) is 0 Å². The molecule has 15 heavy (non-hydrogen) atoms. The molecule has 2 aliphatic heterocycles. The molecular formula is C9H13F3N2O. The van der Waals surface area contributed by atoms with Gasteiger partial charge >= 0.3 is 12.1 Å². The van der Waals surface area contributed by atoms with Crippen LogP contribution in [0, 0.1) is 5.41 Å². The molecule has 0 unspecified atom stereocenters. The van der Waals surface area contributed by atoms with Gasteiger partial charge in [-0.15, -0.1) is 0 Å². The molecule has 0 aromatic carbocycles. The summed E-state index contributed by atoms with van der Waals surface area (Å²) in [6.07, 6.45) is -2.97. The molecule has 2 rings (SSSR count). The average Bonchev–Trinajstić information content (AvgIpc) is 2.13. The highest BCUT2D eigenvalue weighted by atomic mass is 19.4. The Morgan fingerprint density at radius 1 is 1.20 bits per heavy atom. The van der Waals surface area contributed by atoms with Gasteiger partial charge in [0.25, 0.3) is 0 Å². The van der Waals surface area contributed by atoms with E-state index in [1.807, 2.05) is 0 Å². The molecule has 0 aromatic rings. The first-order valence-corrected chi connectivity index (χ1v) is 5.00. The quantitative estimate of drug-likeness (QED) is 0.656. The maximum Gasteiger partial charge on any atom is 0.471 e. The third kappa shape index (κ3) is 1.95. The van der Waals surface area contributed by atoms with Crippen molar-refractivity contribution in [1.82, 2.24) is 10.2 Å². The normalized spacial score (nSPS) is 25.1. The van der Waals surface area contributed by atoms with Crippen molar-refractivity contribution in [2.75, 3.05) is 26.2 Å². The number of alkyl halides is 3. The Hall–Kier alpha value is -0.780. The predicted molar refractivity (Wildman–Crippen MR) is 47.2 cm³/mol. The third-order valence-electron chi connectivity index (χ3n) is 3.25. The molecular weight excluding hydrogens is 209 g/mol. The van der Waals surface area contributed by atoms with Gasteiger partial charge < -0.3 is 10.2 Å². The van der Waals surface area contributed by atoms with Crippen LogP contribution in [0.15, 0.2) is 0 Å². The second kappa shape index (κ2) is 3.37. The van der Waals surface area contributed by atoms with E-state index in [0.29, 0.717) is 0 Å². The molecule has 0 bridgehead atoms. The minimum atomic E-state index is -4.71. The fourth-order valence-corrected chi connectivity index (χ4v) is 2.36. The van der Waals surface area contributed by atoms with Gasteiger partial charge in [-0.1, -0.05) is 0 Å². The van der Waals surface area contributed by atoms with Crippen molar-refractivity contribution in [1.29, 1.82) is 0 Å². The first-order valence-electron chi connectivity index (χ1n) is 5.00. The Labute approximate surface area is 85.6 Å². The van der Waals surface area contributed by atoms with E-state index in [0.717, 1.165) is 30.8 Å². The van der Waals surface area contributed by atoms with Gasteiger partial charge in [-0.05, 0) is 25.9 Å². The number of likely N-dealkylation sites (tertiary alicyclic amines) is 1. The summed E-state index contributed by atoms with van der Waals surface area (Å²) < 4.78 is 36.2. The van der Waals surface area contributed by atoms with Crippen LogP contribution < -0.4 is 5.32 Å². The molecule has 0 saturated carbocycles. The van der Waals surface area contributed by atoms with Gasteiger partial charge in [0, 0.05) is 18.5 Å². The van der Waals surface area contributed by atoms with E-state index < -0.39 is 12.1 Å². The fourth-order valence-electron chi connectivity index (χ4n) is 2.36. The number of piperidine rings is 1. The van der Waals surface area contributed by atoms with Crippen molar-refractivity contribution < 1.29 is 18.0 Å². The molecule has 2 fully saturated rings. The lowest BCUT2D eigenvalue weighted by molar-refractivity contribution is -0.197. The zero-order valence-electron chi connectivity index (χ0n) is 8.23. The number of halogens is 3. The van der Waals surface area contributed by atoms with Crippen LogP contribution >= 0.6 is 0 Å². The van der Waals surface area contributed by atoms with Crippen LogP contribution in [-0.2, 0) is 4.79 Å². The maximum absolute atomic E-state index is 12.1. The second-order valence-electron chi connectivity index (χ2n) is 4.41. The Kier molecular flexibility index (Phi) is 2.41. The first kappa shape index (κ1) is 10.7. The Bertz CT molecular complexity index is 263. The van der Waals surface area contributed by atoms with Crippen LogP contribution in [0.2, 0.25) is 0 Å². The summed E-state index contributed by atoms with van der Waals surface area (Å²) in [6, 6.07) is 0. The van der Waals surface area contributed by atoms with Crippen LogP contribution in [0.1, 0.15) is 12.8 Å². The predicted octanol–water partition coefficient (Wildman–Crippen LogP) is 0.761. The fraction of sp³-hybridized carbons (Fsp3) is 0.889. The van der Waals surface area contributed by atoms with Crippen LogP contribution in [0.5, 0.6) is 0 Å². The van der Waals surface area contributed by atoms with Crippen molar-refractivity contribution in [2.45, 2.75) is 19.0 Å².